The van der Waals surface area contributed by atoms with Gasteiger partial charge in [0.2, 0.25) is 0 Å². The summed E-state index contributed by atoms with van der Waals surface area (Å²) >= 11 is 0. The molecule has 4 N–H and O–H groups in total. The van der Waals surface area contributed by atoms with Crippen molar-refractivity contribution in [2.24, 2.45) is 0 Å². The van der Waals surface area contributed by atoms with Crippen molar-refractivity contribution in [2.45, 2.75) is 24.9 Å². The molecule has 2 rings (SSSR count). The Morgan fingerprint density at radius 1 is 1.15 bits per heavy atom. The summed E-state index contributed by atoms with van der Waals surface area (Å²) in [6, 6.07) is 5.45. The maximum atomic E-state index is 12.3. The highest BCUT2D eigenvalue weighted by Crippen LogP contribution is 2.33. The van der Waals surface area contributed by atoms with Gasteiger partial charge in [-0.25, -0.2) is 0 Å². The van der Waals surface area contributed by atoms with E-state index in [9.17, 15) is 10.2 Å². The van der Waals surface area contributed by atoms with Crippen LogP contribution in [0.25, 0.3) is 0 Å². The molecule has 0 aliphatic carbocycles. The van der Waals surface area contributed by atoms with Crippen LogP contribution in [0.5, 0.6) is 0 Å². The first-order chi connectivity index (χ1) is 9.55. The van der Waals surface area contributed by atoms with E-state index in [1.54, 1.807) is 0 Å². The smallest absolute Gasteiger partial charge is 0.151 e. The quantitative estimate of drug-likeness (QED) is 0.541. The highest BCUT2D eigenvalue weighted by Gasteiger charge is 2.35. The summed E-state index contributed by atoms with van der Waals surface area (Å²) in [4.78, 5) is 0. The highest BCUT2D eigenvalue weighted by atomic mass is 16.4. The van der Waals surface area contributed by atoms with Gasteiger partial charge in [-0.15, -0.1) is 0 Å². The van der Waals surface area contributed by atoms with Gasteiger partial charge in [0.15, 0.2) is 5.60 Å². The predicted molar refractivity (Wildman–Crippen MR) is 64.7 cm³/mol. The van der Waals surface area contributed by atoms with Crippen molar-refractivity contribution in [3.8, 4) is 0 Å². The summed E-state index contributed by atoms with van der Waals surface area (Å²) in [6.45, 7) is -0.752. The van der Waals surface area contributed by atoms with Crippen LogP contribution in [0.2, 0.25) is 0 Å². The number of aliphatic hydroxyl groups excluding tert-OH is 2. The van der Waals surface area contributed by atoms with E-state index in [0.29, 0.717) is 6.21 Å². The molecule has 0 saturated carbocycles. The fourth-order valence-corrected chi connectivity index (χ4v) is 1.79. The second-order valence-corrected chi connectivity index (χ2v) is 4.24. The molecule has 0 fully saturated rings. The molecule has 0 radical (unpaired) electrons. The third-order valence-corrected chi connectivity index (χ3v) is 2.93. The van der Waals surface area contributed by atoms with Gasteiger partial charge < -0.3 is 34.7 Å². The zero-order valence-corrected chi connectivity index (χ0v) is 10.4. The van der Waals surface area contributed by atoms with Crippen molar-refractivity contribution in [3.63, 3.8) is 0 Å². The monoisotopic (exact) mass is 280 g/mol. The summed E-state index contributed by atoms with van der Waals surface area (Å²) in [7, 11) is 0. The molecule has 0 aromatic carbocycles. The summed E-state index contributed by atoms with van der Waals surface area (Å²) in [5.41, 5.74) is -2.24. The largest absolute Gasteiger partial charge is 0.844 e. The Morgan fingerprint density at radius 2 is 1.75 bits per heavy atom. The van der Waals surface area contributed by atoms with Crippen molar-refractivity contribution in [2.75, 3.05) is 0 Å². The topological polar surface area (TPSA) is 134 Å². The molecule has 7 nitrogen and oxygen atoms in total. The maximum Gasteiger partial charge on any atom is 0.151 e. The van der Waals surface area contributed by atoms with Gasteiger partial charge in [0.1, 0.15) is 30.5 Å². The second kappa shape index (κ2) is 5.59. The Labute approximate surface area is 114 Å². The lowest BCUT2D eigenvalue weighted by molar-refractivity contribution is -0.460. The third kappa shape index (κ3) is 2.39. The van der Waals surface area contributed by atoms with E-state index < -0.39 is 11.7 Å². The van der Waals surface area contributed by atoms with E-state index in [0.717, 1.165) is 0 Å². The first-order valence-corrected chi connectivity index (χ1v) is 5.84. The number of hydrogen-bond acceptors (Lipinski definition) is 7. The maximum absolute atomic E-state index is 12.3. The highest BCUT2D eigenvalue weighted by molar-refractivity contribution is 5.68. The lowest BCUT2D eigenvalue weighted by atomic mass is 9.93. The number of nitrogens with one attached hydrogen (secondary N) is 1. The molecule has 0 aliphatic heterocycles. The summed E-state index contributed by atoms with van der Waals surface area (Å²) in [5.74, 6) is 0.0761. The Morgan fingerprint density at radius 3 is 2.25 bits per heavy atom. The molecular weight excluding hydrogens is 266 g/mol. The van der Waals surface area contributed by atoms with E-state index in [2.05, 4.69) is 0 Å². The summed E-state index contributed by atoms with van der Waals surface area (Å²) in [5, 5.41) is 47.8. The fourth-order valence-electron chi connectivity index (χ4n) is 1.79. The molecule has 2 heterocycles. The second-order valence-electron chi connectivity index (χ2n) is 4.24. The summed E-state index contributed by atoms with van der Waals surface area (Å²) < 4.78 is 10.2. The fraction of sp³-hybridized carbons (Fsp3) is 0.308. The molecule has 2 aromatic rings. The minimum atomic E-state index is -2.24. The van der Waals surface area contributed by atoms with Crippen LogP contribution < -0.4 is 5.11 Å². The van der Waals surface area contributed by atoms with Crippen molar-refractivity contribution in [3.05, 3.63) is 47.3 Å². The number of furan rings is 2. The predicted octanol–water partition coefficient (Wildman–Crippen LogP) is -0.204. The van der Waals surface area contributed by atoms with E-state index in [1.165, 1.54) is 24.3 Å². The molecule has 0 saturated heterocycles. The van der Waals surface area contributed by atoms with Crippen LogP contribution in [0, 0.1) is 5.41 Å². The van der Waals surface area contributed by atoms with Gasteiger partial charge >= 0.3 is 0 Å². The van der Waals surface area contributed by atoms with Crippen LogP contribution in [0.4, 0.5) is 0 Å². The molecule has 0 aliphatic rings. The molecule has 2 unspecified atom stereocenters. The molecular formula is C13H14NO6-. The molecule has 2 aromatic heterocycles. The van der Waals surface area contributed by atoms with Crippen LogP contribution in [-0.4, -0.2) is 21.5 Å². The zero-order chi connectivity index (χ0) is 14.8. The van der Waals surface area contributed by atoms with E-state index in [-0.39, 0.29) is 36.3 Å². The standard InChI is InChI=1S/C13H14NO6/c14-7-13(18,11-4-2-9(6-16)20-11)12(17)10-3-1-8(5-15)19-10/h1-4,7,12,14-16,18H,5-6H2/q-1. The molecule has 2 atom stereocenters. The van der Waals surface area contributed by atoms with Crippen LogP contribution in [0.3, 0.4) is 0 Å². The zero-order valence-electron chi connectivity index (χ0n) is 10.4. The first kappa shape index (κ1) is 14.5. The Hall–Kier alpha value is -1.93. The Kier molecular flexibility index (Phi) is 4.05. The molecule has 0 spiro atoms. The number of hydrogen-bond donors (Lipinski definition) is 4. The minimum Gasteiger partial charge on any atom is -0.844 e. The Bertz CT molecular complexity index is 589. The van der Waals surface area contributed by atoms with Gasteiger partial charge in [-0.1, -0.05) is 0 Å². The van der Waals surface area contributed by atoms with Gasteiger partial charge in [0.05, 0.1) is 5.76 Å². The van der Waals surface area contributed by atoms with E-state index >= 15 is 0 Å². The molecule has 0 bridgehead atoms. The number of rotatable bonds is 6. The first-order valence-electron chi connectivity index (χ1n) is 5.84. The molecule has 108 valence electrons. The summed E-state index contributed by atoms with van der Waals surface area (Å²) in [6.07, 6.45) is -1.27. The van der Waals surface area contributed by atoms with E-state index in [4.69, 9.17) is 24.5 Å². The lowest BCUT2D eigenvalue weighted by Crippen LogP contribution is -2.41. The molecule has 0 amide bonds. The van der Waals surface area contributed by atoms with Gasteiger partial charge in [-0.3, -0.25) is 0 Å². The van der Waals surface area contributed by atoms with Gasteiger partial charge in [0.25, 0.3) is 0 Å². The normalized spacial score (nSPS) is 15.8. The SMILES string of the molecule is N=CC(O)(c1ccc(CO)o1)C([O-])c1ccc(CO)o1. The Balaban J connectivity index is 2.36. The van der Waals surface area contributed by atoms with Gasteiger partial charge in [-0.05, 0) is 30.4 Å². The van der Waals surface area contributed by atoms with Crippen LogP contribution in [-0.2, 0) is 18.8 Å². The average molecular weight is 280 g/mol. The van der Waals surface area contributed by atoms with Gasteiger partial charge in [-0.2, -0.15) is 0 Å². The van der Waals surface area contributed by atoms with Crippen molar-refractivity contribution < 1.29 is 29.3 Å². The van der Waals surface area contributed by atoms with Gasteiger partial charge in [0, 0.05) is 6.21 Å². The van der Waals surface area contributed by atoms with Crippen LogP contribution in [0.15, 0.2) is 33.1 Å². The van der Waals surface area contributed by atoms with Crippen molar-refractivity contribution in [1.82, 2.24) is 0 Å². The van der Waals surface area contributed by atoms with Crippen LogP contribution in [0.1, 0.15) is 29.1 Å². The molecule has 7 heteroatoms. The minimum absolute atomic E-state index is 0.123. The van der Waals surface area contributed by atoms with Crippen molar-refractivity contribution in [1.29, 1.82) is 5.41 Å². The average Bonchev–Trinajstić information content (AvgIpc) is 3.14. The third-order valence-electron chi connectivity index (χ3n) is 2.93. The van der Waals surface area contributed by atoms with Crippen molar-refractivity contribution >= 4 is 6.21 Å². The van der Waals surface area contributed by atoms with E-state index in [1.807, 2.05) is 0 Å². The van der Waals surface area contributed by atoms with Crippen LogP contribution >= 0.6 is 0 Å². The lowest BCUT2D eigenvalue weighted by Gasteiger charge is -2.34. The number of aliphatic hydroxyl groups is 3. The molecule has 20 heavy (non-hydrogen) atoms.